The predicted molar refractivity (Wildman–Crippen MR) is 83.0 cm³/mol. The Morgan fingerprint density at radius 3 is 2.62 bits per heavy atom. The van der Waals surface area contributed by atoms with Crippen molar-refractivity contribution in [3.63, 3.8) is 0 Å². The Morgan fingerprint density at radius 2 is 1.86 bits per heavy atom. The number of aryl methyl sites for hydroxylation is 2. The van der Waals surface area contributed by atoms with Gasteiger partial charge in [0.05, 0.1) is 11.1 Å². The summed E-state index contributed by atoms with van der Waals surface area (Å²) in [6, 6.07) is 11.6. The molecule has 4 heteroatoms. The van der Waals surface area contributed by atoms with Crippen molar-refractivity contribution in [2.45, 2.75) is 13.8 Å². The molecule has 3 rings (SSSR count). The Balaban J connectivity index is 2.28. The average molecular weight is 277 g/mol. The molecule has 0 aliphatic rings. The first kappa shape index (κ1) is 13.2. The zero-order chi connectivity index (χ0) is 15.0. The van der Waals surface area contributed by atoms with Gasteiger partial charge in [0, 0.05) is 28.5 Å². The van der Waals surface area contributed by atoms with Gasteiger partial charge in [-0.1, -0.05) is 18.2 Å². The molecule has 0 bridgehead atoms. The molecule has 0 spiro atoms. The number of primary amides is 1. The molecule has 2 aromatic heterocycles. The van der Waals surface area contributed by atoms with Crippen LogP contribution in [0.1, 0.15) is 21.7 Å². The molecular formula is C17H15N3O. The van der Waals surface area contributed by atoms with Crippen LogP contribution < -0.4 is 5.73 Å². The molecule has 0 unspecified atom stereocenters. The molecule has 0 saturated carbocycles. The number of nitrogens with zero attached hydrogens (tertiary/aromatic N) is 2. The van der Waals surface area contributed by atoms with E-state index in [1.165, 1.54) is 0 Å². The van der Waals surface area contributed by atoms with Crippen LogP contribution >= 0.6 is 0 Å². The number of aromatic nitrogens is 2. The Morgan fingerprint density at radius 1 is 1.10 bits per heavy atom. The van der Waals surface area contributed by atoms with Gasteiger partial charge >= 0.3 is 0 Å². The molecule has 4 nitrogen and oxygen atoms in total. The third-order valence-electron chi connectivity index (χ3n) is 3.53. The van der Waals surface area contributed by atoms with Crippen LogP contribution in [-0.2, 0) is 0 Å². The summed E-state index contributed by atoms with van der Waals surface area (Å²) >= 11 is 0. The van der Waals surface area contributed by atoms with Gasteiger partial charge < -0.3 is 5.73 Å². The number of carbonyl (C=O) groups is 1. The second kappa shape index (κ2) is 4.98. The highest BCUT2D eigenvalue weighted by atomic mass is 16.1. The number of fused-ring (bicyclic) bond motifs is 1. The van der Waals surface area contributed by atoms with E-state index in [0.29, 0.717) is 5.56 Å². The molecule has 0 fully saturated rings. The zero-order valence-electron chi connectivity index (χ0n) is 11.9. The van der Waals surface area contributed by atoms with E-state index in [9.17, 15) is 4.79 Å². The van der Waals surface area contributed by atoms with Crippen molar-refractivity contribution in [1.82, 2.24) is 9.97 Å². The third kappa shape index (κ3) is 2.36. The SMILES string of the molecule is Cc1ccc2ccc(-c3c(C(N)=O)ccnc3C)cc2n1. The maximum absolute atomic E-state index is 11.6. The van der Waals surface area contributed by atoms with Crippen LogP contribution in [0.4, 0.5) is 0 Å². The standard InChI is InChI=1S/C17H15N3O/c1-10-3-4-12-5-6-13(9-15(12)20-10)16-11(2)19-8-7-14(16)17(18)21/h3-9H,1-2H3,(H2,18,21). The van der Waals surface area contributed by atoms with Crippen LogP contribution in [0.5, 0.6) is 0 Å². The van der Waals surface area contributed by atoms with Crippen molar-refractivity contribution in [3.8, 4) is 11.1 Å². The minimum atomic E-state index is -0.451. The van der Waals surface area contributed by atoms with Crippen LogP contribution in [0.3, 0.4) is 0 Å². The van der Waals surface area contributed by atoms with Gasteiger partial charge in [-0.05, 0) is 37.6 Å². The van der Waals surface area contributed by atoms with E-state index in [2.05, 4.69) is 9.97 Å². The summed E-state index contributed by atoms with van der Waals surface area (Å²) in [5.41, 5.74) is 10.3. The Hall–Kier alpha value is -2.75. The predicted octanol–water partition coefficient (Wildman–Crippen LogP) is 3.01. The fraction of sp³-hybridized carbons (Fsp3) is 0.118. The molecule has 1 aromatic carbocycles. The highest BCUT2D eigenvalue weighted by molar-refractivity contribution is 6.01. The summed E-state index contributed by atoms with van der Waals surface area (Å²) < 4.78 is 0. The maximum Gasteiger partial charge on any atom is 0.249 e. The maximum atomic E-state index is 11.6. The molecule has 104 valence electrons. The summed E-state index contributed by atoms with van der Waals surface area (Å²) in [5, 5.41) is 1.06. The Labute approximate surface area is 122 Å². The number of pyridine rings is 2. The highest BCUT2D eigenvalue weighted by Gasteiger charge is 2.13. The quantitative estimate of drug-likeness (QED) is 0.782. The fourth-order valence-electron chi connectivity index (χ4n) is 2.51. The lowest BCUT2D eigenvalue weighted by Gasteiger charge is -2.10. The molecule has 2 N–H and O–H groups in total. The molecule has 0 atom stereocenters. The van der Waals surface area contributed by atoms with Crippen LogP contribution in [0.2, 0.25) is 0 Å². The lowest BCUT2D eigenvalue weighted by molar-refractivity contribution is 0.100. The molecule has 0 aliphatic carbocycles. The largest absolute Gasteiger partial charge is 0.366 e. The van der Waals surface area contributed by atoms with Gasteiger partial charge in [0.1, 0.15) is 0 Å². The van der Waals surface area contributed by atoms with E-state index < -0.39 is 5.91 Å². The third-order valence-corrected chi connectivity index (χ3v) is 3.53. The number of nitrogens with two attached hydrogens (primary N) is 1. The monoisotopic (exact) mass is 277 g/mol. The fourth-order valence-corrected chi connectivity index (χ4v) is 2.51. The summed E-state index contributed by atoms with van der Waals surface area (Å²) in [5.74, 6) is -0.451. The van der Waals surface area contributed by atoms with Crippen molar-refractivity contribution >= 4 is 16.8 Å². The molecule has 2 heterocycles. The minimum absolute atomic E-state index is 0.451. The van der Waals surface area contributed by atoms with Gasteiger partial charge in [0.15, 0.2) is 0 Å². The van der Waals surface area contributed by atoms with Gasteiger partial charge in [-0.15, -0.1) is 0 Å². The number of benzene rings is 1. The van der Waals surface area contributed by atoms with Gasteiger partial charge in [-0.25, -0.2) is 0 Å². The molecular weight excluding hydrogens is 262 g/mol. The van der Waals surface area contributed by atoms with Crippen molar-refractivity contribution in [1.29, 1.82) is 0 Å². The summed E-state index contributed by atoms with van der Waals surface area (Å²) in [6.45, 7) is 3.83. The van der Waals surface area contributed by atoms with Crippen molar-refractivity contribution in [2.24, 2.45) is 5.73 Å². The minimum Gasteiger partial charge on any atom is -0.366 e. The Bertz CT molecular complexity index is 856. The average Bonchev–Trinajstić information content (AvgIpc) is 2.46. The van der Waals surface area contributed by atoms with Crippen LogP contribution in [0.25, 0.3) is 22.0 Å². The van der Waals surface area contributed by atoms with E-state index >= 15 is 0 Å². The van der Waals surface area contributed by atoms with Gasteiger partial charge in [0.25, 0.3) is 0 Å². The number of hydrogen-bond acceptors (Lipinski definition) is 3. The number of rotatable bonds is 2. The summed E-state index contributed by atoms with van der Waals surface area (Å²) in [7, 11) is 0. The van der Waals surface area contributed by atoms with E-state index in [-0.39, 0.29) is 0 Å². The van der Waals surface area contributed by atoms with E-state index in [1.807, 2.05) is 44.2 Å². The smallest absolute Gasteiger partial charge is 0.249 e. The molecule has 1 amide bonds. The lowest BCUT2D eigenvalue weighted by Crippen LogP contribution is -2.13. The zero-order valence-corrected chi connectivity index (χ0v) is 11.9. The van der Waals surface area contributed by atoms with E-state index in [4.69, 9.17) is 5.73 Å². The van der Waals surface area contributed by atoms with Gasteiger partial charge in [0.2, 0.25) is 5.91 Å². The molecule has 0 radical (unpaired) electrons. The summed E-state index contributed by atoms with van der Waals surface area (Å²) in [4.78, 5) is 20.4. The van der Waals surface area contributed by atoms with E-state index in [1.54, 1.807) is 12.3 Å². The van der Waals surface area contributed by atoms with Gasteiger partial charge in [-0.3, -0.25) is 14.8 Å². The number of carbonyl (C=O) groups excluding carboxylic acids is 1. The van der Waals surface area contributed by atoms with Gasteiger partial charge in [-0.2, -0.15) is 0 Å². The number of hydrogen-bond donors (Lipinski definition) is 1. The van der Waals surface area contributed by atoms with Crippen LogP contribution in [-0.4, -0.2) is 15.9 Å². The first-order valence-corrected chi connectivity index (χ1v) is 6.69. The topological polar surface area (TPSA) is 68.9 Å². The second-order valence-electron chi connectivity index (χ2n) is 5.04. The van der Waals surface area contributed by atoms with Crippen LogP contribution in [0, 0.1) is 13.8 Å². The van der Waals surface area contributed by atoms with Crippen LogP contribution in [0.15, 0.2) is 42.6 Å². The van der Waals surface area contributed by atoms with Crippen molar-refractivity contribution in [2.75, 3.05) is 0 Å². The van der Waals surface area contributed by atoms with Crippen molar-refractivity contribution in [3.05, 3.63) is 59.5 Å². The molecule has 0 aliphatic heterocycles. The number of amides is 1. The Kier molecular flexibility index (Phi) is 3.14. The first-order valence-electron chi connectivity index (χ1n) is 6.69. The van der Waals surface area contributed by atoms with E-state index in [0.717, 1.165) is 33.4 Å². The molecule has 21 heavy (non-hydrogen) atoms. The van der Waals surface area contributed by atoms with Crippen molar-refractivity contribution < 1.29 is 4.79 Å². The molecule has 3 aromatic rings. The molecule has 0 saturated heterocycles. The normalized spacial score (nSPS) is 10.8. The second-order valence-corrected chi connectivity index (χ2v) is 5.04. The first-order chi connectivity index (χ1) is 10.1. The lowest BCUT2D eigenvalue weighted by atomic mass is 9.97. The highest BCUT2D eigenvalue weighted by Crippen LogP contribution is 2.28. The summed E-state index contributed by atoms with van der Waals surface area (Å²) in [6.07, 6.45) is 1.60.